The molecule has 4 rings (SSSR count). The number of carbonyl (C=O) groups is 1. The minimum atomic E-state index is -0.456. The van der Waals surface area contributed by atoms with Gasteiger partial charge in [-0.15, -0.1) is 11.3 Å². The number of ether oxygens (including phenoxy) is 2. The van der Waals surface area contributed by atoms with Crippen molar-refractivity contribution in [1.82, 2.24) is 4.98 Å². The van der Waals surface area contributed by atoms with Gasteiger partial charge in [0, 0.05) is 34.6 Å². The van der Waals surface area contributed by atoms with Crippen LogP contribution in [0.4, 0.5) is 15.2 Å². The Kier molecular flexibility index (Phi) is 7.02. The smallest absolute Gasteiger partial charge is 0.269 e. The van der Waals surface area contributed by atoms with E-state index in [4.69, 9.17) is 9.47 Å². The van der Waals surface area contributed by atoms with E-state index in [1.165, 1.54) is 49.8 Å². The number of non-ortho nitro benzene ring substituents is 1. The largest absolute Gasteiger partial charge is 0.493 e. The van der Waals surface area contributed by atoms with Gasteiger partial charge in [-0.25, -0.2) is 9.37 Å². The van der Waals surface area contributed by atoms with Crippen molar-refractivity contribution in [1.29, 1.82) is 0 Å². The molecule has 0 atom stereocenters. The second kappa shape index (κ2) is 10.3. The highest BCUT2D eigenvalue weighted by Gasteiger charge is 2.18. The van der Waals surface area contributed by atoms with Gasteiger partial charge in [0.1, 0.15) is 5.82 Å². The minimum Gasteiger partial charge on any atom is -0.493 e. The van der Waals surface area contributed by atoms with Crippen LogP contribution in [-0.4, -0.2) is 30.0 Å². The summed E-state index contributed by atoms with van der Waals surface area (Å²) in [7, 11) is 3.00. The van der Waals surface area contributed by atoms with E-state index < -0.39 is 4.92 Å². The predicted octanol–water partition coefficient (Wildman–Crippen LogP) is 5.72. The summed E-state index contributed by atoms with van der Waals surface area (Å²) in [6.45, 7) is 0. The van der Waals surface area contributed by atoms with Crippen LogP contribution in [-0.2, 0) is 6.42 Å². The molecule has 0 bridgehead atoms. The molecule has 8 nitrogen and oxygen atoms in total. The first-order chi connectivity index (χ1) is 16.9. The molecule has 4 aromatic rings. The molecule has 1 N–H and O–H groups in total. The Bertz CT molecular complexity index is 1370. The Morgan fingerprint density at radius 1 is 1.03 bits per heavy atom. The van der Waals surface area contributed by atoms with E-state index in [0.717, 1.165) is 10.4 Å². The van der Waals surface area contributed by atoms with Crippen LogP contribution in [0.15, 0.2) is 66.7 Å². The lowest BCUT2D eigenvalue weighted by Gasteiger charge is -2.09. The summed E-state index contributed by atoms with van der Waals surface area (Å²) >= 11 is 1.28. The van der Waals surface area contributed by atoms with Crippen LogP contribution in [0.25, 0.3) is 11.3 Å². The van der Waals surface area contributed by atoms with Crippen molar-refractivity contribution in [2.45, 2.75) is 6.42 Å². The molecule has 0 fully saturated rings. The van der Waals surface area contributed by atoms with E-state index in [1.807, 2.05) is 0 Å². The highest BCUT2D eigenvalue weighted by Crippen LogP contribution is 2.34. The molecule has 0 aliphatic carbocycles. The Morgan fingerprint density at radius 3 is 2.34 bits per heavy atom. The van der Waals surface area contributed by atoms with Crippen molar-refractivity contribution >= 4 is 28.1 Å². The van der Waals surface area contributed by atoms with Crippen molar-refractivity contribution < 1.29 is 23.6 Å². The number of nitrogens with one attached hydrogen (secondary N) is 1. The topological polar surface area (TPSA) is 104 Å². The van der Waals surface area contributed by atoms with Gasteiger partial charge in [-0.1, -0.05) is 12.1 Å². The maximum absolute atomic E-state index is 13.5. The number of methoxy groups -OCH3 is 2. The van der Waals surface area contributed by atoms with Crippen molar-refractivity contribution in [3.05, 3.63) is 98.7 Å². The molecule has 0 saturated heterocycles. The van der Waals surface area contributed by atoms with Crippen molar-refractivity contribution in [2.75, 3.05) is 19.5 Å². The third-order valence-corrected chi connectivity index (χ3v) is 6.16. The molecule has 10 heteroatoms. The number of nitro groups is 1. The van der Waals surface area contributed by atoms with Crippen LogP contribution in [0.3, 0.4) is 0 Å². The number of hydrogen-bond donors (Lipinski definition) is 1. The number of benzene rings is 3. The summed E-state index contributed by atoms with van der Waals surface area (Å²) in [6, 6.07) is 17.0. The van der Waals surface area contributed by atoms with E-state index in [0.29, 0.717) is 39.9 Å². The normalized spacial score (nSPS) is 10.6. The van der Waals surface area contributed by atoms with Gasteiger partial charge in [-0.3, -0.25) is 20.2 Å². The second-order valence-corrected chi connectivity index (χ2v) is 8.51. The summed E-state index contributed by atoms with van der Waals surface area (Å²) in [5, 5.41) is 14.1. The van der Waals surface area contributed by atoms with Crippen molar-refractivity contribution in [2.24, 2.45) is 0 Å². The van der Waals surface area contributed by atoms with E-state index >= 15 is 0 Å². The number of nitro benzene ring substituents is 1. The quantitative estimate of drug-likeness (QED) is 0.249. The zero-order chi connectivity index (χ0) is 24.9. The molecule has 0 aliphatic heterocycles. The van der Waals surface area contributed by atoms with Crippen LogP contribution < -0.4 is 14.8 Å². The van der Waals surface area contributed by atoms with E-state index in [2.05, 4.69) is 10.3 Å². The average Bonchev–Trinajstić information content (AvgIpc) is 3.26. The van der Waals surface area contributed by atoms with Gasteiger partial charge >= 0.3 is 0 Å². The Hall–Kier alpha value is -4.31. The molecule has 0 saturated carbocycles. The van der Waals surface area contributed by atoms with Crippen molar-refractivity contribution in [3.63, 3.8) is 0 Å². The highest BCUT2D eigenvalue weighted by molar-refractivity contribution is 7.16. The first-order valence-corrected chi connectivity index (χ1v) is 11.2. The third kappa shape index (κ3) is 5.44. The van der Waals surface area contributed by atoms with E-state index in [1.54, 1.807) is 42.5 Å². The highest BCUT2D eigenvalue weighted by atomic mass is 32.1. The third-order valence-electron chi connectivity index (χ3n) is 5.19. The number of carbonyl (C=O) groups excluding carboxylic acids is 1. The first kappa shape index (κ1) is 23.8. The number of hydrogen-bond acceptors (Lipinski definition) is 7. The predicted molar refractivity (Wildman–Crippen MR) is 131 cm³/mol. The van der Waals surface area contributed by atoms with Gasteiger partial charge in [0.05, 0.1) is 24.8 Å². The minimum absolute atomic E-state index is 0.000292. The lowest BCUT2D eigenvalue weighted by molar-refractivity contribution is -0.384. The maximum Gasteiger partial charge on any atom is 0.269 e. The maximum atomic E-state index is 13.5. The number of anilines is 1. The number of halogens is 1. The van der Waals surface area contributed by atoms with Crippen molar-refractivity contribution in [3.8, 4) is 22.8 Å². The van der Waals surface area contributed by atoms with E-state index in [9.17, 15) is 19.3 Å². The Labute approximate surface area is 204 Å². The number of aromatic nitrogens is 1. The first-order valence-electron chi connectivity index (χ1n) is 10.4. The molecular weight excluding hydrogens is 473 g/mol. The zero-order valence-corrected chi connectivity index (χ0v) is 19.6. The molecule has 1 aromatic heterocycles. The van der Waals surface area contributed by atoms with Crippen LogP contribution in [0.2, 0.25) is 0 Å². The average molecular weight is 494 g/mol. The molecule has 3 aromatic carbocycles. The van der Waals surface area contributed by atoms with Gasteiger partial charge < -0.3 is 9.47 Å². The standard InChI is InChI=1S/C25H20FN3O5S/c1-33-20-12-7-17(14-21(20)34-2)24(30)28-25-27-23(16-5-8-18(26)9-6-16)22(35-25)13-15-3-10-19(11-4-15)29(31)32/h3-12,14H,13H2,1-2H3,(H,27,28,30). The Balaban J connectivity index is 1.64. The summed E-state index contributed by atoms with van der Waals surface area (Å²) < 4.78 is 24.0. The molecule has 0 spiro atoms. The lowest BCUT2D eigenvalue weighted by Crippen LogP contribution is -2.12. The number of amides is 1. The zero-order valence-electron chi connectivity index (χ0n) is 18.8. The van der Waals surface area contributed by atoms with E-state index in [-0.39, 0.29) is 17.4 Å². The SMILES string of the molecule is COc1ccc(C(=O)Nc2nc(-c3ccc(F)cc3)c(Cc3ccc([N+](=O)[O-])cc3)s2)cc1OC. The summed E-state index contributed by atoms with van der Waals surface area (Å²) in [5.41, 5.74) is 2.47. The molecule has 35 heavy (non-hydrogen) atoms. The van der Waals surface area contributed by atoms with Crippen LogP contribution >= 0.6 is 11.3 Å². The fourth-order valence-corrected chi connectivity index (χ4v) is 4.44. The van der Waals surface area contributed by atoms with Gasteiger partial charge in [0.25, 0.3) is 11.6 Å². The van der Waals surface area contributed by atoms with Gasteiger partial charge in [0.15, 0.2) is 16.6 Å². The van der Waals surface area contributed by atoms with Crippen LogP contribution in [0, 0.1) is 15.9 Å². The summed E-state index contributed by atoms with van der Waals surface area (Å²) in [5.74, 6) is 0.169. The fraction of sp³-hybridized carbons (Fsp3) is 0.120. The molecule has 1 amide bonds. The monoisotopic (exact) mass is 493 g/mol. The number of thiazole rings is 1. The number of nitrogens with zero attached hydrogens (tertiary/aromatic N) is 2. The molecule has 0 unspecified atom stereocenters. The molecule has 0 radical (unpaired) electrons. The summed E-state index contributed by atoms with van der Waals surface area (Å²) in [6.07, 6.45) is 0.425. The Morgan fingerprint density at radius 2 is 1.71 bits per heavy atom. The van der Waals surface area contributed by atoms with Crippen LogP contribution in [0.5, 0.6) is 11.5 Å². The summed E-state index contributed by atoms with van der Waals surface area (Å²) in [4.78, 5) is 28.8. The molecule has 178 valence electrons. The molecular formula is C25H20FN3O5S. The van der Waals surface area contributed by atoms with Crippen LogP contribution in [0.1, 0.15) is 20.8 Å². The second-order valence-electron chi connectivity index (χ2n) is 7.42. The number of rotatable bonds is 8. The fourth-order valence-electron chi connectivity index (χ4n) is 3.43. The molecule has 0 aliphatic rings. The van der Waals surface area contributed by atoms with Gasteiger partial charge in [-0.2, -0.15) is 0 Å². The lowest BCUT2D eigenvalue weighted by atomic mass is 10.1. The molecule has 1 heterocycles. The van der Waals surface area contributed by atoms with Gasteiger partial charge in [-0.05, 0) is 48.0 Å². The van der Waals surface area contributed by atoms with Gasteiger partial charge in [0.2, 0.25) is 0 Å².